The van der Waals surface area contributed by atoms with Crippen LogP contribution in [-0.2, 0) is 6.54 Å². The first-order valence-corrected chi connectivity index (χ1v) is 10.5. The summed E-state index contributed by atoms with van der Waals surface area (Å²) in [4.78, 5) is 4.65. The van der Waals surface area contributed by atoms with Gasteiger partial charge in [-0.15, -0.1) is 0 Å². The molecule has 1 aliphatic rings. The highest BCUT2D eigenvalue weighted by atomic mass is 16.2. The Hall–Kier alpha value is -2.21. The van der Waals surface area contributed by atoms with Crippen molar-refractivity contribution in [2.75, 3.05) is 18.0 Å². The summed E-state index contributed by atoms with van der Waals surface area (Å²) in [6, 6.07) is 19.6. The Labute approximate surface area is 173 Å². The van der Waals surface area contributed by atoms with Crippen LogP contribution < -0.4 is 4.90 Å². The predicted molar refractivity (Wildman–Crippen MR) is 122 cm³/mol. The van der Waals surface area contributed by atoms with E-state index in [1.165, 1.54) is 11.3 Å². The molecule has 1 fully saturated rings. The van der Waals surface area contributed by atoms with Gasteiger partial charge >= 0.3 is 14.1 Å². The highest BCUT2D eigenvalue weighted by Crippen LogP contribution is 2.29. The quantitative estimate of drug-likeness (QED) is 0.636. The topological polar surface area (TPSA) is 51.9 Å². The molecule has 7 heteroatoms. The third-order valence-electron chi connectivity index (χ3n) is 6.10. The number of piperidine rings is 1. The van der Waals surface area contributed by atoms with Crippen LogP contribution in [-0.4, -0.2) is 52.6 Å². The van der Waals surface area contributed by atoms with Crippen LogP contribution in [0.1, 0.15) is 18.4 Å². The maximum absolute atomic E-state index is 9.98. The molecule has 1 aliphatic heterocycles. The van der Waals surface area contributed by atoms with Crippen molar-refractivity contribution in [1.82, 2.24) is 9.29 Å². The zero-order valence-electron chi connectivity index (χ0n) is 17.3. The molecular formula is C22H29B2N3O2. The third-order valence-corrected chi connectivity index (χ3v) is 6.10. The zero-order chi connectivity index (χ0) is 20.4. The van der Waals surface area contributed by atoms with E-state index in [-0.39, 0.29) is 7.05 Å². The Morgan fingerprint density at radius 3 is 2.34 bits per heavy atom. The van der Waals surface area contributed by atoms with Crippen LogP contribution in [0, 0.1) is 0 Å². The van der Waals surface area contributed by atoms with Crippen molar-refractivity contribution < 1.29 is 10.0 Å². The molecule has 0 aliphatic carbocycles. The second-order valence-corrected chi connectivity index (χ2v) is 8.11. The van der Waals surface area contributed by atoms with Gasteiger partial charge in [-0.25, -0.2) is 0 Å². The first-order chi connectivity index (χ1) is 14.0. The smallest absolute Gasteiger partial charge is 0.413 e. The first-order valence-electron chi connectivity index (χ1n) is 10.5. The maximum Gasteiger partial charge on any atom is 0.413 e. The lowest BCUT2D eigenvalue weighted by molar-refractivity contribution is 0.281. The van der Waals surface area contributed by atoms with E-state index < -0.39 is 7.05 Å². The standard InChI is InChI=1S/C22H29B2N3O2/c1-23(28)25-13-11-20(12-14-25)26(17-18-6-4-3-5-7-18)21-8-9-22-19(16-21)10-15-27(22)24(2)29/h3-10,15-16,20,28-29H,11-14,17H2,1-2H3. The fourth-order valence-corrected chi connectivity index (χ4v) is 4.44. The minimum absolute atomic E-state index is 0.380. The fourth-order valence-electron chi connectivity index (χ4n) is 4.44. The number of nitrogens with zero attached hydrogens (tertiary/aromatic N) is 3. The first kappa shape index (κ1) is 20.1. The number of hydrogen-bond acceptors (Lipinski definition) is 4. The van der Waals surface area contributed by atoms with Crippen LogP contribution in [0.2, 0.25) is 13.6 Å². The second-order valence-electron chi connectivity index (χ2n) is 8.11. The molecule has 1 aromatic heterocycles. The Balaban J connectivity index is 1.64. The predicted octanol–water partition coefficient (Wildman–Crippen LogP) is 3.18. The lowest BCUT2D eigenvalue weighted by Crippen LogP contribution is -2.49. The zero-order valence-corrected chi connectivity index (χ0v) is 17.3. The Kier molecular flexibility index (Phi) is 5.99. The Morgan fingerprint density at radius 2 is 1.69 bits per heavy atom. The molecule has 2 N–H and O–H groups in total. The largest absolute Gasteiger partial charge is 0.437 e. The Bertz CT molecular complexity index is 938. The number of aromatic nitrogens is 1. The molecule has 0 spiro atoms. The average molecular weight is 389 g/mol. The van der Waals surface area contributed by atoms with Gasteiger partial charge in [0.15, 0.2) is 0 Å². The molecule has 0 atom stereocenters. The van der Waals surface area contributed by atoms with Gasteiger partial charge in [0.2, 0.25) is 0 Å². The summed E-state index contributed by atoms with van der Waals surface area (Å²) in [5, 5.41) is 21.0. The van der Waals surface area contributed by atoms with Crippen molar-refractivity contribution >= 4 is 30.7 Å². The van der Waals surface area contributed by atoms with E-state index >= 15 is 0 Å². The van der Waals surface area contributed by atoms with Gasteiger partial charge in [-0.05, 0) is 75.6 Å². The lowest BCUT2D eigenvalue weighted by Gasteiger charge is -2.40. The summed E-state index contributed by atoms with van der Waals surface area (Å²) in [6.07, 6.45) is 4.01. The summed E-state index contributed by atoms with van der Waals surface area (Å²) in [5.41, 5.74) is 3.56. The summed E-state index contributed by atoms with van der Waals surface area (Å²) >= 11 is 0. The molecular weight excluding hydrogens is 360 g/mol. The lowest BCUT2D eigenvalue weighted by atomic mass is 9.82. The fraction of sp³-hybridized carbons (Fsp3) is 0.364. The van der Waals surface area contributed by atoms with Crippen molar-refractivity contribution in [1.29, 1.82) is 0 Å². The van der Waals surface area contributed by atoms with Crippen LogP contribution in [0.3, 0.4) is 0 Å². The van der Waals surface area contributed by atoms with Crippen LogP contribution in [0.5, 0.6) is 0 Å². The van der Waals surface area contributed by atoms with Crippen LogP contribution in [0.4, 0.5) is 5.69 Å². The molecule has 4 rings (SSSR count). The molecule has 0 saturated carbocycles. The van der Waals surface area contributed by atoms with E-state index in [9.17, 15) is 10.0 Å². The normalized spacial score (nSPS) is 15.6. The van der Waals surface area contributed by atoms with Gasteiger partial charge in [0.05, 0.1) is 0 Å². The van der Waals surface area contributed by atoms with Gasteiger partial charge in [0, 0.05) is 29.2 Å². The van der Waals surface area contributed by atoms with E-state index in [4.69, 9.17) is 0 Å². The molecule has 0 bridgehead atoms. The van der Waals surface area contributed by atoms with E-state index in [1.807, 2.05) is 17.5 Å². The summed E-state index contributed by atoms with van der Waals surface area (Å²) in [7, 11) is -0.918. The number of hydrogen-bond donors (Lipinski definition) is 2. The number of benzene rings is 2. The van der Waals surface area contributed by atoms with Crippen molar-refractivity contribution in [2.24, 2.45) is 0 Å². The van der Waals surface area contributed by atoms with Crippen molar-refractivity contribution in [3.63, 3.8) is 0 Å². The van der Waals surface area contributed by atoms with Gasteiger partial charge in [-0.2, -0.15) is 0 Å². The van der Waals surface area contributed by atoms with Crippen LogP contribution in [0.25, 0.3) is 10.9 Å². The van der Waals surface area contributed by atoms with Gasteiger partial charge in [-0.1, -0.05) is 30.3 Å². The molecule has 150 valence electrons. The van der Waals surface area contributed by atoms with Crippen molar-refractivity contribution in [3.8, 4) is 0 Å². The monoisotopic (exact) mass is 389 g/mol. The van der Waals surface area contributed by atoms with Gasteiger partial charge in [0.1, 0.15) is 0 Å². The highest BCUT2D eigenvalue weighted by molar-refractivity contribution is 6.48. The number of rotatable bonds is 6. The third kappa shape index (κ3) is 4.37. The molecule has 0 amide bonds. The van der Waals surface area contributed by atoms with E-state index in [1.54, 1.807) is 6.82 Å². The summed E-state index contributed by atoms with van der Waals surface area (Å²) < 4.78 is 1.89. The molecule has 5 nitrogen and oxygen atoms in total. The number of anilines is 1. The highest BCUT2D eigenvalue weighted by Gasteiger charge is 2.28. The van der Waals surface area contributed by atoms with Gasteiger partial charge in [0.25, 0.3) is 0 Å². The minimum atomic E-state index is -0.538. The molecule has 29 heavy (non-hydrogen) atoms. The Morgan fingerprint density at radius 1 is 0.966 bits per heavy atom. The van der Waals surface area contributed by atoms with Gasteiger partial charge < -0.3 is 24.2 Å². The second kappa shape index (κ2) is 8.66. The minimum Gasteiger partial charge on any atom is -0.437 e. The van der Waals surface area contributed by atoms with Crippen molar-refractivity contribution in [2.45, 2.75) is 39.1 Å². The SMILES string of the molecule is CB(O)N1CCC(N(Cc2ccccc2)c2ccc3c(ccn3B(C)O)c2)CC1. The maximum atomic E-state index is 9.98. The molecule has 2 aromatic carbocycles. The van der Waals surface area contributed by atoms with Crippen LogP contribution in [0.15, 0.2) is 60.8 Å². The molecule has 2 heterocycles. The summed E-state index contributed by atoms with van der Waals surface area (Å²) in [6.45, 7) is 6.32. The van der Waals surface area contributed by atoms with Gasteiger partial charge in [-0.3, -0.25) is 0 Å². The van der Waals surface area contributed by atoms with E-state index in [0.29, 0.717) is 6.04 Å². The van der Waals surface area contributed by atoms with E-state index in [0.717, 1.165) is 43.4 Å². The number of fused-ring (bicyclic) bond motifs is 1. The summed E-state index contributed by atoms with van der Waals surface area (Å²) in [5.74, 6) is 0. The average Bonchev–Trinajstić information content (AvgIpc) is 3.16. The molecule has 0 radical (unpaired) electrons. The van der Waals surface area contributed by atoms with E-state index in [2.05, 4.69) is 64.3 Å². The molecule has 1 saturated heterocycles. The van der Waals surface area contributed by atoms with Crippen molar-refractivity contribution in [3.05, 3.63) is 66.4 Å². The molecule has 3 aromatic rings. The van der Waals surface area contributed by atoms with Crippen LogP contribution >= 0.6 is 0 Å². The molecule has 0 unspecified atom stereocenters.